The molecule has 3 N–H and O–H groups in total. The number of benzene rings is 2. The van der Waals surface area contributed by atoms with Gasteiger partial charge in [-0.2, -0.15) is 5.21 Å². The van der Waals surface area contributed by atoms with Crippen LogP contribution in [0.5, 0.6) is 5.88 Å². The van der Waals surface area contributed by atoms with Gasteiger partial charge in [-0.25, -0.2) is 9.78 Å². The summed E-state index contributed by atoms with van der Waals surface area (Å²) in [6, 6.07) is 16.5. The number of aryl methyl sites for hydroxylation is 1. The summed E-state index contributed by atoms with van der Waals surface area (Å²) in [5, 5.41) is 25.0. The third kappa shape index (κ3) is 5.69. The van der Waals surface area contributed by atoms with E-state index in [0.29, 0.717) is 31.0 Å². The van der Waals surface area contributed by atoms with E-state index in [-0.39, 0.29) is 11.6 Å². The zero-order chi connectivity index (χ0) is 27.2. The highest BCUT2D eigenvalue weighted by Crippen LogP contribution is 2.30. The molecule has 0 unspecified atom stereocenters. The predicted octanol–water partition coefficient (Wildman–Crippen LogP) is 4.71. The smallest absolute Gasteiger partial charge is 0.328 e. The Labute approximate surface area is 226 Å². The lowest BCUT2D eigenvalue weighted by Gasteiger charge is -2.14. The first kappa shape index (κ1) is 26.1. The van der Waals surface area contributed by atoms with Crippen molar-refractivity contribution in [3.63, 3.8) is 0 Å². The molecule has 10 heteroatoms. The molecule has 2 aromatic carbocycles. The molecule has 0 saturated heterocycles. The van der Waals surface area contributed by atoms with Crippen molar-refractivity contribution in [3.8, 4) is 28.4 Å². The average molecular weight is 527 g/mol. The van der Waals surface area contributed by atoms with Crippen molar-refractivity contribution >= 4 is 0 Å². The van der Waals surface area contributed by atoms with Crippen LogP contribution in [0.4, 0.5) is 0 Å². The summed E-state index contributed by atoms with van der Waals surface area (Å²) in [7, 11) is 0. The summed E-state index contributed by atoms with van der Waals surface area (Å²) in [6.45, 7) is 5.47. The van der Waals surface area contributed by atoms with Gasteiger partial charge in [0, 0.05) is 43.4 Å². The molecule has 39 heavy (non-hydrogen) atoms. The predicted molar refractivity (Wildman–Crippen MR) is 149 cm³/mol. The summed E-state index contributed by atoms with van der Waals surface area (Å²) in [6.07, 6.45) is 7.12. The molecule has 0 aliphatic carbocycles. The molecule has 5 aromatic rings. The van der Waals surface area contributed by atoms with Gasteiger partial charge in [-0.1, -0.05) is 75.2 Å². The first-order chi connectivity index (χ1) is 19.1. The van der Waals surface area contributed by atoms with Crippen LogP contribution < -0.4 is 5.69 Å². The minimum absolute atomic E-state index is 0.0661. The number of unbranched alkanes of at least 4 members (excludes halogenated alkanes) is 2. The van der Waals surface area contributed by atoms with Crippen molar-refractivity contribution in [3.05, 3.63) is 88.0 Å². The second kappa shape index (κ2) is 11.9. The van der Waals surface area contributed by atoms with Gasteiger partial charge in [0.2, 0.25) is 11.7 Å². The molecule has 10 nitrogen and oxygen atoms in total. The topological polar surface area (TPSA) is 130 Å². The second-order valence-electron chi connectivity index (χ2n) is 9.74. The molecule has 5 rings (SSSR count). The number of hydrogen-bond acceptors (Lipinski definition) is 6. The lowest BCUT2D eigenvalue weighted by molar-refractivity contribution is 0.446. The third-order valence-electron chi connectivity index (χ3n) is 7.05. The van der Waals surface area contributed by atoms with Crippen molar-refractivity contribution in [1.82, 2.24) is 39.7 Å². The Morgan fingerprint density at radius 3 is 2.44 bits per heavy atom. The maximum atomic E-state index is 12.4. The van der Waals surface area contributed by atoms with E-state index in [1.807, 2.05) is 24.4 Å². The number of nitrogens with one attached hydrogen (secondary N) is 2. The molecule has 202 valence electrons. The Morgan fingerprint density at radius 2 is 1.72 bits per heavy atom. The van der Waals surface area contributed by atoms with Crippen molar-refractivity contribution in [1.29, 1.82) is 0 Å². The Hall–Kier alpha value is -4.47. The zero-order valence-corrected chi connectivity index (χ0v) is 22.4. The lowest BCUT2D eigenvalue weighted by atomic mass is 9.98. The number of tetrazole rings is 1. The average Bonchev–Trinajstić information content (AvgIpc) is 3.68. The van der Waals surface area contributed by atoms with Crippen molar-refractivity contribution in [2.45, 2.75) is 65.5 Å². The van der Waals surface area contributed by atoms with Gasteiger partial charge in [-0.05, 0) is 34.7 Å². The number of aromatic amines is 2. The molecule has 0 saturated carbocycles. The maximum Gasteiger partial charge on any atom is 0.328 e. The van der Waals surface area contributed by atoms with Gasteiger partial charge in [0.05, 0.1) is 5.69 Å². The molecule has 0 aliphatic rings. The molecule has 0 amide bonds. The molecule has 0 atom stereocenters. The minimum Gasteiger partial charge on any atom is -0.493 e. The molecule has 3 heterocycles. The van der Waals surface area contributed by atoms with Crippen LogP contribution in [0, 0.1) is 0 Å². The first-order valence-corrected chi connectivity index (χ1v) is 13.5. The Kier molecular flexibility index (Phi) is 8.00. The highest BCUT2D eigenvalue weighted by atomic mass is 16.3. The van der Waals surface area contributed by atoms with Crippen LogP contribution in [0.25, 0.3) is 22.5 Å². The van der Waals surface area contributed by atoms with E-state index in [9.17, 15) is 9.90 Å². The Bertz CT molecular complexity index is 1560. The molecule has 0 aliphatic heterocycles. The molecule has 0 radical (unpaired) electrons. The fourth-order valence-corrected chi connectivity index (χ4v) is 4.90. The molecule has 0 fully saturated rings. The van der Waals surface area contributed by atoms with Crippen LogP contribution in [-0.2, 0) is 25.9 Å². The monoisotopic (exact) mass is 526 g/mol. The number of imidazole rings is 2. The summed E-state index contributed by atoms with van der Waals surface area (Å²) in [5.41, 5.74) is 5.44. The number of aromatic nitrogens is 8. The van der Waals surface area contributed by atoms with Gasteiger partial charge < -0.3 is 9.67 Å². The quantitative estimate of drug-likeness (QED) is 0.216. The van der Waals surface area contributed by atoms with Crippen LogP contribution in [0.15, 0.2) is 59.5 Å². The molecular weight excluding hydrogens is 492 g/mol. The number of nitrogens with zero attached hydrogens (tertiary/aromatic N) is 6. The lowest BCUT2D eigenvalue weighted by Crippen LogP contribution is -2.20. The van der Waals surface area contributed by atoms with Gasteiger partial charge >= 0.3 is 5.69 Å². The van der Waals surface area contributed by atoms with Gasteiger partial charge in [0.1, 0.15) is 5.82 Å². The largest absolute Gasteiger partial charge is 0.493 e. The molecule has 0 spiro atoms. The fourth-order valence-electron chi connectivity index (χ4n) is 4.90. The Balaban J connectivity index is 1.44. The first-order valence-electron chi connectivity index (χ1n) is 13.5. The second-order valence-corrected chi connectivity index (χ2v) is 9.74. The molecular formula is C29H34N8O2. The minimum atomic E-state index is -0.273. The van der Waals surface area contributed by atoms with E-state index in [4.69, 9.17) is 4.98 Å². The van der Waals surface area contributed by atoms with Gasteiger partial charge in [-0.3, -0.25) is 9.55 Å². The van der Waals surface area contributed by atoms with Crippen LogP contribution in [0.3, 0.4) is 0 Å². The van der Waals surface area contributed by atoms with Gasteiger partial charge in [-0.15, -0.1) is 10.2 Å². The summed E-state index contributed by atoms with van der Waals surface area (Å²) in [4.78, 5) is 19.8. The van der Waals surface area contributed by atoms with Crippen LogP contribution >= 0.6 is 0 Å². The summed E-state index contributed by atoms with van der Waals surface area (Å²) >= 11 is 0. The van der Waals surface area contributed by atoms with Crippen LogP contribution in [-0.4, -0.2) is 44.8 Å². The van der Waals surface area contributed by atoms with E-state index in [1.165, 1.54) is 0 Å². The van der Waals surface area contributed by atoms with E-state index in [0.717, 1.165) is 65.9 Å². The van der Waals surface area contributed by atoms with Crippen LogP contribution in [0.1, 0.15) is 62.3 Å². The van der Waals surface area contributed by atoms with Gasteiger partial charge in [0.15, 0.2) is 0 Å². The van der Waals surface area contributed by atoms with E-state index in [2.05, 4.69) is 74.4 Å². The highest BCUT2D eigenvalue weighted by molar-refractivity contribution is 5.80. The molecule has 3 aromatic heterocycles. The van der Waals surface area contributed by atoms with E-state index in [1.54, 1.807) is 4.57 Å². The number of rotatable bonds is 12. The Morgan fingerprint density at radius 1 is 0.949 bits per heavy atom. The van der Waals surface area contributed by atoms with Crippen molar-refractivity contribution in [2.75, 3.05) is 0 Å². The SMILES string of the molecule is CCCCc1ncc(Cc2c(O)[nH]c(=O)n2CCCC)n1Cc1ccc(-c2ccccc2-c2nn[nH]n2)cc1. The normalized spacial score (nSPS) is 11.3. The fraction of sp³-hybridized carbons (Fsp3) is 0.345. The zero-order valence-electron chi connectivity index (χ0n) is 22.4. The van der Waals surface area contributed by atoms with Crippen molar-refractivity contribution < 1.29 is 5.11 Å². The van der Waals surface area contributed by atoms with Crippen LogP contribution in [0.2, 0.25) is 0 Å². The number of H-pyrrole nitrogens is 2. The van der Waals surface area contributed by atoms with Gasteiger partial charge in [0.25, 0.3) is 0 Å². The maximum absolute atomic E-state index is 12.4. The summed E-state index contributed by atoms with van der Waals surface area (Å²) in [5.74, 6) is 1.50. The van der Waals surface area contributed by atoms with E-state index >= 15 is 0 Å². The number of aromatic hydroxyl groups is 1. The molecule has 0 bridgehead atoms. The van der Waals surface area contributed by atoms with Crippen molar-refractivity contribution in [2.24, 2.45) is 0 Å². The highest BCUT2D eigenvalue weighted by Gasteiger charge is 2.18. The number of hydrogen-bond donors (Lipinski definition) is 3. The summed E-state index contributed by atoms with van der Waals surface area (Å²) < 4.78 is 3.87. The van der Waals surface area contributed by atoms with E-state index < -0.39 is 0 Å². The standard InChI is InChI=1S/C29H34N8O2/c1-3-5-11-26-30-18-22(17-25-28(38)31-29(39)36(25)16-6-4-2)37(26)19-20-12-14-21(15-13-20)23-9-7-8-10-24(23)27-32-34-35-33-27/h7-10,12-15,18,38H,3-6,11,16-17,19H2,1-2H3,(H,31,39)(H,32,33,34,35). The third-order valence-corrected chi connectivity index (χ3v) is 7.05.